The third-order valence-corrected chi connectivity index (χ3v) is 5.75. The molecule has 2 bridgehead atoms. The number of esters is 1. The Morgan fingerprint density at radius 2 is 2.36 bits per heavy atom. The molecule has 0 aliphatic heterocycles. The minimum absolute atomic E-state index is 0.0675. The summed E-state index contributed by atoms with van der Waals surface area (Å²) in [4.78, 5) is 17.2. The molecular weight excluding hydrogens is 300 g/mol. The summed E-state index contributed by atoms with van der Waals surface area (Å²) < 4.78 is 10.4. The molecule has 0 spiro atoms. The van der Waals surface area contributed by atoms with Crippen molar-refractivity contribution >= 4 is 17.3 Å². The molecule has 2 fully saturated rings. The van der Waals surface area contributed by atoms with Crippen LogP contribution < -0.4 is 0 Å². The molecule has 2 aliphatic carbocycles. The van der Waals surface area contributed by atoms with E-state index in [1.807, 2.05) is 17.5 Å². The van der Waals surface area contributed by atoms with Gasteiger partial charge >= 0.3 is 5.97 Å². The maximum absolute atomic E-state index is 12.0. The van der Waals surface area contributed by atoms with Gasteiger partial charge in [-0.1, -0.05) is 17.6 Å². The molecule has 0 saturated heterocycles. The fraction of sp³-hybridized carbons (Fsp3) is 0.562. The van der Waals surface area contributed by atoms with Crippen LogP contribution in [0.15, 0.2) is 22.0 Å². The summed E-state index contributed by atoms with van der Waals surface area (Å²) in [6.07, 6.45) is 5.68. The number of ether oxygens (including phenoxy) is 1. The van der Waals surface area contributed by atoms with Crippen molar-refractivity contribution in [3.8, 4) is 10.7 Å². The Labute approximate surface area is 132 Å². The van der Waals surface area contributed by atoms with Crippen LogP contribution in [-0.2, 0) is 16.1 Å². The monoisotopic (exact) mass is 318 g/mol. The zero-order valence-corrected chi connectivity index (χ0v) is 13.1. The average molecular weight is 318 g/mol. The van der Waals surface area contributed by atoms with E-state index in [-0.39, 0.29) is 12.6 Å². The van der Waals surface area contributed by atoms with E-state index in [4.69, 9.17) is 9.26 Å². The number of fused-ring (bicyclic) bond motifs is 2. The first kappa shape index (κ1) is 13.9. The van der Waals surface area contributed by atoms with Crippen molar-refractivity contribution in [3.63, 3.8) is 0 Å². The lowest BCUT2D eigenvalue weighted by molar-refractivity contribution is -0.147. The number of hydrogen-bond acceptors (Lipinski definition) is 6. The van der Waals surface area contributed by atoms with Crippen molar-refractivity contribution in [2.75, 3.05) is 0 Å². The Bertz CT molecular complexity index is 652. The molecule has 2 aliphatic rings. The van der Waals surface area contributed by atoms with Crippen molar-refractivity contribution < 1.29 is 14.1 Å². The lowest BCUT2D eigenvalue weighted by atomic mass is 9.86. The minimum Gasteiger partial charge on any atom is -0.456 e. The predicted molar refractivity (Wildman–Crippen MR) is 81.0 cm³/mol. The lowest BCUT2D eigenvalue weighted by Gasteiger charge is -2.20. The number of aromatic nitrogens is 2. The summed E-state index contributed by atoms with van der Waals surface area (Å²) in [6.45, 7) is 0.0675. The Hall–Kier alpha value is -1.69. The highest BCUT2D eigenvalue weighted by Crippen LogP contribution is 2.49. The Morgan fingerprint density at radius 3 is 3.09 bits per heavy atom. The number of thiophene rings is 1. The summed E-state index contributed by atoms with van der Waals surface area (Å²) in [7, 11) is 0. The molecule has 3 atom stereocenters. The second kappa shape index (κ2) is 5.83. The van der Waals surface area contributed by atoms with Gasteiger partial charge in [-0.25, -0.2) is 0 Å². The molecule has 6 heteroatoms. The molecule has 5 nitrogen and oxygen atoms in total. The van der Waals surface area contributed by atoms with E-state index < -0.39 is 0 Å². The molecule has 2 saturated carbocycles. The van der Waals surface area contributed by atoms with Gasteiger partial charge < -0.3 is 9.26 Å². The van der Waals surface area contributed by atoms with Crippen molar-refractivity contribution in [1.29, 1.82) is 0 Å². The van der Waals surface area contributed by atoms with Gasteiger partial charge in [0.15, 0.2) is 6.61 Å². The van der Waals surface area contributed by atoms with Crippen LogP contribution in [0.3, 0.4) is 0 Å². The summed E-state index contributed by atoms with van der Waals surface area (Å²) in [5.74, 6) is 2.88. The molecule has 0 N–H and O–H groups in total. The van der Waals surface area contributed by atoms with Gasteiger partial charge in [-0.05, 0) is 48.5 Å². The number of rotatable bonds is 5. The lowest BCUT2D eigenvalue weighted by Crippen LogP contribution is -2.17. The van der Waals surface area contributed by atoms with Crippen molar-refractivity contribution in [1.82, 2.24) is 10.1 Å². The fourth-order valence-electron chi connectivity index (χ4n) is 3.86. The maximum Gasteiger partial charge on any atom is 0.306 e. The molecule has 4 rings (SSSR count). The first-order chi connectivity index (χ1) is 10.8. The molecule has 2 aromatic rings. The summed E-state index contributed by atoms with van der Waals surface area (Å²) in [5, 5.41) is 5.86. The van der Waals surface area contributed by atoms with Gasteiger partial charge in [-0.3, -0.25) is 4.79 Å². The van der Waals surface area contributed by atoms with E-state index in [0.29, 0.717) is 24.1 Å². The van der Waals surface area contributed by atoms with Gasteiger partial charge in [0.25, 0.3) is 5.89 Å². The molecule has 0 aromatic carbocycles. The van der Waals surface area contributed by atoms with Crippen LogP contribution in [0.1, 0.15) is 38.0 Å². The number of carbonyl (C=O) groups excluding carboxylic acids is 1. The number of nitrogens with zero attached hydrogens (tertiary/aromatic N) is 2. The quantitative estimate of drug-likeness (QED) is 0.787. The molecule has 22 heavy (non-hydrogen) atoms. The molecule has 2 heterocycles. The highest BCUT2D eigenvalue weighted by Gasteiger charge is 2.40. The largest absolute Gasteiger partial charge is 0.456 e. The third-order valence-electron chi connectivity index (χ3n) is 4.88. The van der Waals surface area contributed by atoms with Crippen LogP contribution in [0.25, 0.3) is 10.7 Å². The van der Waals surface area contributed by atoms with Crippen LogP contribution in [0.4, 0.5) is 0 Å². The van der Waals surface area contributed by atoms with Gasteiger partial charge in [0.05, 0.1) is 4.88 Å². The van der Waals surface area contributed by atoms with Crippen molar-refractivity contribution in [3.05, 3.63) is 23.4 Å². The van der Waals surface area contributed by atoms with Crippen molar-refractivity contribution in [2.24, 2.45) is 17.8 Å². The molecule has 0 amide bonds. The maximum atomic E-state index is 12.0. The van der Waals surface area contributed by atoms with Crippen molar-refractivity contribution in [2.45, 2.75) is 38.7 Å². The van der Waals surface area contributed by atoms with Crippen LogP contribution in [0.2, 0.25) is 0 Å². The zero-order chi connectivity index (χ0) is 14.9. The first-order valence-electron chi connectivity index (χ1n) is 7.80. The first-order valence-corrected chi connectivity index (χ1v) is 8.68. The highest BCUT2D eigenvalue weighted by atomic mass is 32.1. The minimum atomic E-state index is -0.145. The van der Waals surface area contributed by atoms with Gasteiger partial charge in [-0.2, -0.15) is 4.98 Å². The predicted octanol–water partition coefficient (Wildman–Crippen LogP) is 3.67. The third kappa shape index (κ3) is 2.79. The van der Waals surface area contributed by atoms with Gasteiger partial charge in [0.1, 0.15) is 0 Å². The Morgan fingerprint density at radius 1 is 1.41 bits per heavy atom. The smallest absolute Gasteiger partial charge is 0.306 e. The van der Waals surface area contributed by atoms with E-state index in [1.165, 1.54) is 25.7 Å². The van der Waals surface area contributed by atoms with E-state index in [2.05, 4.69) is 10.1 Å². The van der Waals surface area contributed by atoms with E-state index in [0.717, 1.165) is 16.7 Å². The van der Waals surface area contributed by atoms with Gasteiger partial charge in [-0.15, -0.1) is 11.3 Å². The van der Waals surface area contributed by atoms with Crippen LogP contribution in [0.5, 0.6) is 0 Å². The Kier molecular flexibility index (Phi) is 3.70. The van der Waals surface area contributed by atoms with E-state index >= 15 is 0 Å². The topological polar surface area (TPSA) is 65.2 Å². The van der Waals surface area contributed by atoms with Gasteiger partial charge in [0, 0.05) is 6.42 Å². The number of hydrogen-bond donors (Lipinski definition) is 0. The highest BCUT2D eigenvalue weighted by molar-refractivity contribution is 7.13. The molecule has 0 unspecified atom stereocenters. The second-order valence-electron chi connectivity index (χ2n) is 6.29. The summed E-state index contributed by atoms with van der Waals surface area (Å²) in [6, 6.07) is 3.87. The zero-order valence-electron chi connectivity index (χ0n) is 12.2. The SMILES string of the molecule is O=C(C[C@@H]1C[C@@H]2CC[C@@H]1C2)OCc1nc(-c2cccs2)no1. The summed E-state index contributed by atoms with van der Waals surface area (Å²) in [5.41, 5.74) is 0. The standard InChI is InChI=1S/C16H18N2O3S/c19-15(8-12-7-10-3-4-11(12)6-10)20-9-14-17-16(18-21-14)13-2-1-5-22-13/h1-2,5,10-12H,3-4,6-9H2/t10-,11-,12+/m1/s1. The molecular formula is C16H18N2O3S. The second-order valence-corrected chi connectivity index (χ2v) is 7.24. The normalized spacial score (nSPS) is 26.5. The van der Waals surface area contributed by atoms with Crippen LogP contribution in [0, 0.1) is 17.8 Å². The van der Waals surface area contributed by atoms with Gasteiger partial charge in [0.2, 0.25) is 5.82 Å². The van der Waals surface area contributed by atoms with Crippen LogP contribution in [-0.4, -0.2) is 16.1 Å². The summed E-state index contributed by atoms with van der Waals surface area (Å²) >= 11 is 1.55. The molecule has 2 aromatic heterocycles. The van der Waals surface area contributed by atoms with E-state index in [9.17, 15) is 4.79 Å². The molecule has 116 valence electrons. The fourth-order valence-corrected chi connectivity index (χ4v) is 4.51. The number of carbonyl (C=O) groups is 1. The van der Waals surface area contributed by atoms with Crippen LogP contribution >= 0.6 is 11.3 Å². The van der Waals surface area contributed by atoms with E-state index in [1.54, 1.807) is 11.3 Å². The average Bonchev–Trinajstić information content (AvgIpc) is 3.27. The molecule has 0 radical (unpaired) electrons. The Balaban J connectivity index is 1.28.